The molecule has 3 fully saturated rings. The molecule has 3 unspecified atom stereocenters. The minimum atomic E-state index is -0.997. The minimum Gasteiger partial charge on any atom is -0.494 e. The first-order valence-electron chi connectivity index (χ1n) is 17.4. The third kappa shape index (κ3) is 6.02. The van der Waals surface area contributed by atoms with Crippen LogP contribution in [0.3, 0.4) is 0 Å². The third-order valence-electron chi connectivity index (χ3n) is 10.4. The van der Waals surface area contributed by atoms with Crippen molar-refractivity contribution in [3.8, 4) is 5.75 Å². The van der Waals surface area contributed by atoms with E-state index in [2.05, 4.69) is 39.4 Å². The van der Waals surface area contributed by atoms with E-state index in [0.717, 1.165) is 5.52 Å². The number of para-hydroxylation sites is 1. The van der Waals surface area contributed by atoms with E-state index in [1.165, 1.54) is 0 Å². The van der Waals surface area contributed by atoms with Gasteiger partial charge in [0.1, 0.15) is 24.0 Å². The molecule has 13 heteroatoms. The van der Waals surface area contributed by atoms with E-state index in [1.807, 2.05) is 85.8 Å². The predicted octanol–water partition coefficient (Wildman–Crippen LogP) is 5.22. The zero-order valence-corrected chi connectivity index (χ0v) is 31.2. The lowest BCUT2D eigenvalue weighted by atomic mass is 9.70. The van der Waals surface area contributed by atoms with Crippen LogP contribution < -0.4 is 9.64 Å². The van der Waals surface area contributed by atoms with Crippen molar-refractivity contribution in [1.29, 1.82) is 0 Å². The number of halogens is 1. The normalized spacial score (nSPS) is 25.2. The van der Waals surface area contributed by atoms with Crippen molar-refractivity contribution in [1.82, 2.24) is 24.8 Å². The van der Waals surface area contributed by atoms with Gasteiger partial charge in [-0.3, -0.25) is 14.4 Å². The highest BCUT2D eigenvalue weighted by Gasteiger charge is 2.76. The van der Waals surface area contributed by atoms with Gasteiger partial charge in [0.2, 0.25) is 17.7 Å². The molecule has 3 aliphatic rings. The lowest BCUT2D eigenvalue weighted by molar-refractivity contribution is -0.146. The fourth-order valence-corrected chi connectivity index (χ4v) is 11.8. The molecule has 3 saturated heterocycles. The van der Waals surface area contributed by atoms with E-state index in [0.29, 0.717) is 35.5 Å². The Bertz CT molecular complexity index is 1980. The van der Waals surface area contributed by atoms with Crippen LogP contribution in [0, 0.1) is 11.8 Å². The maximum atomic E-state index is 15.2. The van der Waals surface area contributed by atoms with Crippen molar-refractivity contribution in [3.63, 3.8) is 0 Å². The zero-order valence-electron chi connectivity index (χ0n) is 28.8. The Morgan fingerprint density at radius 1 is 1.06 bits per heavy atom. The second kappa shape index (κ2) is 14.9. The highest BCUT2D eigenvalue weighted by molar-refractivity contribution is 9.09. The lowest BCUT2D eigenvalue weighted by Gasteiger charge is -2.40. The summed E-state index contributed by atoms with van der Waals surface area (Å²) in [5.41, 5.74) is 2.81. The van der Waals surface area contributed by atoms with Gasteiger partial charge < -0.3 is 24.5 Å². The Labute approximate surface area is 315 Å². The molecular weight excluding hydrogens is 744 g/mol. The summed E-state index contributed by atoms with van der Waals surface area (Å²) in [6.07, 6.45) is 3.81. The average molecular weight is 786 g/mol. The van der Waals surface area contributed by atoms with Gasteiger partial charge in [0.25, 0.3) is 0 Å². The first-order valence-corrected chi connectivity index (χ1v) is 19.2. The molecule has 0 aliphatic carbocycles. The second-order valence-corrected chi connectivity index (χ2v) is 16.0. The number of aliphatic hydroxyl groups excluding tert-OH is 1. The van der Waals surface area contributed by atoms with Crippen molar-refractivity contribution < 1.29 is 24.2 Å². The van der Waals surface area contributed by atoms with Crippen LogP contribution in [0.4, 0.5) is 5.69 Å². The molecule has 11 nitrogen and oxygen atoms in total. The van der Waals surface area contributed by atoms with E-state index < -0.39 is 35.3 Å². The number of anilines is 1. The van der Waals surface area contributed by atoms with Crippen molar-refractivity contribution in [2.75, 3.05) is 31.2 Å². The molecule has 3 aromatic carbocycles. The van der Waals surface area contributed by atoms with Crippen LogP contribution in [0.1, 0.15) is 24.9 Å². The van der Waals surface area contributed by atoms with Gasteiger partial charge in [0, 0.05) is 28.9 Å². The van der Waals surface area contributed by atoms with Gasteiger partial charge in [-0.1, -0.05) is 75.8 Å². The standard InChI is InChI=1S/C39H41BrN6O5S/c1-4-20-43(24-45-30-15-11-10-14-29(30)41-42-45)38(50)35-39-22-28(40)34(52-39)32(33(39)37(49)46(35)31(23-47)25-12-8-7-9-13-25)36(48)44(21-5-2)26-16-18-27(19-17-26)51-6-3/h4-5,7-19,28,31-35,47H,1-2,6,20-24H2,3H3/t28?,31-,32+,33+,34+,35?,39?/m1/s1. The number of alkyl halides is 1. The summed E-state index contributed by atoms with van der Waals surface area (Å²) in [6, 6.07) is 22.3. The molecule has 270 valence electrons. The van der Waals surface area contributed by atoms with Crippen molar-refractivity contribution in [2.45, 2.75) is 46.9 Å². The molecule has 4 aromatic rings. The number of hydrogen-bond donors (Lipinski definition) is 1. The number of benzene rings is 3. The molecule has 3 aliphatic heterocycles. The van der Waals surface area contributed by atoms with E-state index in [1.54, 1.807) is 43.3 Å². The van der Waals surface area contributed by atoms with Crippen LogP contribution in [-0.2, 0) is 21.1 Å². The third-order valence-corrected chi connectivity index (χ3v) is 13.6. The molecule has 4 heterocycles. The number of likely N-dealkylation sites (tertiary alicyclic amines) is 1. The first-order chi connectivity index (χ1) is 25.3. The largest absolute Gasteiger partial charge is 0.494 e. The Hall–Kier alpha value is -4.46. The fraction of sp³-hybridized carbons (Fsp3) is 0.359. The van der Waals surface area contributed by atoms with E-state index in [9.17, 15) is 9.90 Å². The lowest BCUT2D eigenvalue weighted by Crippen LogP contribution is -2.56. The second-order valence-electron chi connectivity index (χ2n) is 13.3. The summed E-state index contributed by atoms with van der Waals surface area (Å²) in [4.78, 5) is 50.0. The van der Waals surface area contributed by atoms with Gasteiger partial charge in [-0.25, -0.2) is 4.68 Å². The molecule has 1 aromatic heterocycles. The Kier molecular flexibility index (Phi) is 10.3. The highest BCUT2D eigenvalue weighted by Crippen LogP contribution is 2.69. The molecule has 1 N–H and O–H groups in total. The summed E-state index contributed by atoms with van der Waals surface area (Å²) in [5.74, 6) is -1.71. The van der Waals surface area contributed by atoms with Gasteiger partial charge in [-0.2, -0.15) is 0 Å². The molecule has 0 saturated carbocycles. The summed E-state index contributed by atoms with van der Waals surface area (Å²) in [6.45, 7) is 10.4. The quantitative estimate of drug-likeness (QED) is 0.137. The fourth-order valence-electron chi connectivity index (χ4n) is 8.24. The topological polar surface area (TPSA) is 121 Å². The van der Waals surface area contributed by atoms with Gasteiger partial charge in [0.05, 0.1) is 41.4 Å². The monoisotopic (exact) mass is 784 g/mol. The molecule has 7 atom stereocenters. The number of rotatable bonds is 14. The molecule has 2 bridgehead atoms. The zero-order chi connectivity index (χ0) is 36.6. The van der Waals surface area contributed by atoms with Crippen LogP contribution in [-0.4, -0.2) is 94.8 Å². The first kappa shape index (κ1) is 35.9. The van der Waals surface area contributed by atoms with Gasteiger partial charge >= 0.3 is 0 Å². The van der Waals surface area contributed by atoms with Crippen molar-refractivity contribution in [2.24, 2.45) is 11.8 Å². The maximum absolute atomic E-state index is 15.2. The molecule has 1 spiro atoms. The number of fused-ring (bicyclic) bond motifs is 2. The van der Waals surface area contributed by atoms with Crippen LogP contribution in [0.15, 0.2) is 104 Å². The number of carbonyl (C=O) groups is 3. The number of ether oxygens (including phenoxy) is 1. The van der Waals surface area contributed by atoms with Gasteiger partial charge in [0.15, 0.2) is 0 Å². The smallest absolute Gasteiger partial charge is 0.248 e. The molecule has 7 rings (SSSR count). The maximum Gasteiger partial charge on any atom is 0.248 e. The molecule has 3 amide bonds. The summed E-state index contributed by atoms with van der Waals surface area (Å²) in [5, 5.41) is 19.3. The summed E-state index contributed by atoms with van der Waals surface area (Å²) < 4.78 is 6.34. The van der Waals surface area contributed by atoms with Gasteiger partial charge in [-0.05, 0) is 55.3 Å². The van der Waals surface area contributed by atoms with Crippen LogP contribution in [0.2, 0.25) is 0 Å². The minimum absolute atomic E-state index is 0.0683. The SMILES string of the molecule is C=CCN(Cn1nnc2ccccc21)C(=O)C1N([C@H](CO)c2ccccc2)C(=O)[C@@H]2[C@H](C(=O)N(CC=C)c3ccc(OCC)cc3)[C@H]3SC12CC3Br. The van der Waals surface area contributed by atoms with Crippen LogP contribution in [0.5, 0.6) is 5.75 Å². The number of carbonyl (C=O) groups excluding carboxylic acids is 3. The molecule has 52 heavy (non-hydrogen) atoms. The van der Waals surface area contributed by atoms with E-state index >= 15 is 9.59 Å². The Balaban J connectivity index is 1.32. The Morgan fingerprint density at radius 3 is 2.46 bits per heavy atom. The number of amides is 3. The summed E-state index contributed by atoms with van der Waals surface area (Å²) >= 11 is 5.45. The van der Waals surface area contributed by atoms with E-state index in [4.69, 9.17) is 4.74 Å². The van der Waals surface area contributed by atoms with Gasteiger partial charge in [-0.15, -0.1) is 30.0 Å². The summed E-state index contributed by atoms with van der Waals surface area (Å²) in [7, 11) is 0. The predicted molar refractivity (Wildman–Crippen MR) is 205 cm³/mol. The number of aliphatic hydroxyl groups is 1. The highest BCUT2D eigenvalue weighted by atomic mass is 79.9. The van der Waals surface area contributed by atoms with Crippen molar-refractivity contribution in [3.05, 3.63) is 110 Å². The van der Waals surface area contributed by atoms with Crippen LogP contribution in [0.25, 0.3) is 11.0 Å². The number of nitrogens with zero attached hydrogens (tertiary/aromatic N) is 6. The molecule has 0 radical (unpaired) electrons. The number of aromatic nitrogens is 3. The average Bonchev–Trinajstić information content (AvgIpc) is 3.88. The number of hydrogen-bond acceptors (Lipinski definition) is 8. The molecular formula is C39H41BrN6O5S. The van der Waals surface area contributed by atoms with Crippen LogP contribution >= 0.6 is 27.7 Å². The number of thioether (sulfide) groups is 1. The van der Waals surface area contributed by atoms with Crippen molar-refractivity contribution >= 4 is 62.1 Å². The Morgan fingerprint density at radius 2 is 1.77 bits per heavy atom. The van der Waals surface area contributed by atoms with E-state index in [-0.39, 0.29) is 47.6 Å².